The van der Waals surface area contributed by atoms with E-state index in [0.29, 0.717) is 21.3 Å². The molecule has 0 aliphatic carbocycles. The first-order valence-electron chi connectivity index (χ1n) is 8.39. The van der Waals surface area contributed by atoms with Gasteiger partial charge in [-0.1, -0.05) is 29.3 Å². The Morgan fingerprint density at radius 2 is 1.93 bits per heavy atom. The fourth-order valence-corrected chi connectivity index (χ4v) is 3.53. The number of hydrogen-bond donors (Lipinski definition) is 2. The van der Waals surface area contributed by atoms with Gasteiger partial charge in [0.25, 0.3) is 0 Å². The molecule has 0 radical (unpaired) electrons. The van der Waals surface area contributed by atoms with Crippen LogP contribution in [-0.4, -0.2) is 41.1 Å². The molecule has 27 heavy (non-hydrogen) atoms. The fourth-order valence-electron chi connectivity index (χ4n) is 2.92. The first kappa shape index (κ1) is 21.1. The molecule has 2 amide bonds. The molecule has 1 aromatic rings. The van der Waals surface area contributed by atoms with E-state index in [-0.39, 0.29) is 31.6 Å². The summed E-state index contributed by atoms with van der Waals surface area (Å²) in [5, 5.41) is 12.2. The summed E-state index contributed by atoms with van der Waals surface area (Å²) in [6, 6.07) is 3.57. The number of esters is 1. The van der Waals surface area contributed by atoms with Crippen molar-refractivity contribution in [2.45, 2.75) is 32.7 Å². The molecule has 1 heterocycles. The molecule has 1 atom stereocenters. The Morgan fingerprint density at radius 3 is 2.48 bits per heavy atom. The lowest BCUT2D eigenvalue weighted by Gasteiger charge is -2.36. The van der Waals surface area contributed by atoms with E-state index in [1.54, 1.807) is 32.0 Å². The van der Waals surface area contributed by atoms with Crippen LogP contribution in [0.25, 0.3) is 0 Å². The summed E-state index contributed by atoms with van der Waals surface area (Å²) in [4.78, 5) is 37.3. The van der Waals surface area contributed by atoms with Crippen molar-refractivity contribution in [2.75, 3.05) is 13.2 Å². The van der Waals surface area contributed by atoms with E-state index < -0.39 is 24.0 Å². The van der Waals surface area contributed by atoms with Crippen molar-refractivity contribution < 1.29 is 24.2 Å². The van der Waals surface area contributed by atoms with Gasteiger partial charge in [0.15, 0.2) is 0 Å². The third-order valence-electron chi connectivity index (χ3n) is 4.15. The Bertz CT molecular complexity index is 774. The molecule has 0 saturated carbocycles. The van der Waals surface area contributed by atoms with Gasteiger partial charge in [0.05, 0.1) is 18.2 Å². The third-order valence-corrected chi connectivity index (χ3v) is 4.81. The highest BCUT2D eigenvalue weighted by molar-refractivity contribution is 6.36. The summed E-state index contributed by atoms with van der Waals surface area (Å²) < 4.78 is 5.15. The number of ether oxygens (including phenoxy) is 1. The van der Waals surface area contributed by atoms with E-state index in [2.05, 4.69) is 5.32 Å². The number of benzene rings is 1. The zero-order valence-electron chi connectivity index (χ0n) is 14.9. The minimum absolute atomic E-state index is 0.0917. The first-order valence-corrected chi connectivity index (χ1v) is 9.15. The normalized spacial score (nSPS) is 17.0. The highest BCUT2D eigenvalue weighted by atomic mass is 35.5. The maximum atomic E-state index is 12.6. The van der Waals surface area contributed by atoms with E-state index in [4.69, 9.17) is 33.0 Å². The standard InChI is InChI=1S/C18H20Cl2N2O5/c1-3-27-17(25)14-10(2)22(9-5-8-13(23)24)18(26)21-16(14)15-11(19)6-4-7-12(15)20/h4,6-7,16H,3,5,8-9H2,1-2H3,(H,21,26)(H,23,24)/t16-/m1/s1. The molecular weight excluding hydrogens is 395 g/mol. The zero-order valence-corrected chi connectivity index (χ0v) is 16.4. The number of carboxylic acids is 1. The second kappa shape index (κ2) is 9.10. The lowest BCUT2D eigenvalue weighted by Crippen LogP contribution is -2.48. The van der Waals surface area contributed by atoms with Crippen LogP contribution in [0.2, 0.25) is 10.0 Å². The molecule has 0 fully saturated rings. The van der Waals surface area contributed by atoms with E-state index in [0.717, 1.165) is 0 Å². The van der Waals surface area contributed by atoms with Crippen LogP contribution in [0.3, 0.4) is 0 Å². The number of carbonyl (C=O) groups is 3. The van der Waals surface area contributed by atoms with Gasteiger partial charge in [-0.05, 0) is 32.4 Å². The van der Waals surface area contributed by atoms with Gasteiger partial charge >= 0.3 is 18.0 Å². The molecule has 9 heteroatoms. The molecule has 1 aliphatic heterocycles. The van der Waals surface area contributed by atoms with Gasteiger partial charge < -0.3 is 15.2 Å². The first-order chi connectivity index (χ1) is 12.8. The Balaban J connectivity index is 2.48. The van der Waals surface area contributed by atoms with Crippen molar-refractivity contribution in [3.8, 4) is 0 Å². The Kier molecular flexibility index (Phi) is 7.10. The summed E-state index contributed by atoms with van der Waals surface area (Å²) in [5.41, 5.74) is 0.993. The summed E-state index contributed by atoms with van der Waals surface area (Å²) in [6.07, 6.45) is 0.152. The number of carboxylic acid groups (broad SMARTS) is 1. The maximum absolute atomic E-state index is 12.6. The summed E-state index contributed by atoms with van der Waals surface area (Å²) in [6.45, 7) is 3.60. The number of hydrogen-bond acceptors (Lipinski definition) is 4. The van der Waals surface area contributed by atoms with E-state index in [9.17, 15) is 14.4 Å². The number of carbonyl (C=O) groups excluding carboxylic acids is 2. The lowest BCUT2D eigenvalue weighted by molar-refractivity contribution is -0.139. The van der Waals surface area contributed by atoms with Crippen LogP contribution in [0.5, 0.6) is 0 Å². The minimum Gasteiger partial charge on any atom is -0.481 e. The number of rotatable bonds is 7. The van der Waals surface area contributed by atoms with Gasteiger partial charge in [0.1, 0.15) is 0 Å². The van der Waals surface area contributed by atoms with E-state index in [1.165, 1.54) is 4.90 Å². The number of allylic oxidation sites excluding steroid dienone is 1. The van der Waals surface area contributed by atoms with Crippen molar-refractivity contribution in [3.63, 3.8) is 0 Å². The van der Waals surface area contributed by atoms with Crippen LogP contribution < -0.4 is 5.32 Å². The fraction of sp³-hybridized carbons (Fsp3) is 0.389. The molecule has 0 spiro atoms. The molecule has 0 bridgehead atoms. The molecule has 0 aromatic heterocycles. The van der Waals surface area contributed by atoms with Gasteiger partial charge in [-0.3, -0.25) is 9.69 Å². The summed E-state index contributed by atoms with van der Waals surface area (Å²) >= 11 is 12.5. The topological polar surface area (TPSA) is 95.9 Å². The van der Waals surface area contributed by atoms with Crippen LogP contribution in [0, 0.1) is 0 Å². The zero-order chi connectivity index (χ0) is 20.1. The Hall–Kier alpha value is -2.25. The number of halogens is 2. The lowest BCUT2D eigenvalue weighted by atomic mass is 9.94. The van der Waals surface area contributed by atoms with Crippen LogP contribution in [0.1, 0.15) is 38.3 Å². The average molecular weight is 415 g/mol. The summed E-state index contributed by atoms with van der Waals surface area (Å²) in [7, 11) is 0. The SMILES string of the molecule is CCOC(=O)C1=C(C)N(CCCC(=O)O)C(=O)N[C@H]1c1c(Cl)cccc1Cl. The minimum atomic E-state index is -0.958. The molecule has 2 N–H and O–H groups in total. The average Bonchev–Trinajstić information content (AvgIpc) is 2.57. The number of nitrogens with one attached hydrogen (secondary N) is 1. The molecule has 146 valence electrons. The molecule has 1 aliphatic rings. The predicted octanol–water partition coefficient (Wildman–Crippen LogP) is 3.76. The number of aliphatic carboxylic acids is 1. The second-order valence-corrected chi connectivity index (χ2v) is 6.70. The Labute approximate surface area is 166 Å². The molecule has 1 aromatic carbocycles. The monoisotopic (exact) mass is 414 g/mol. The van der Waals surface area contributed by atoms with Gasteiger partial charge in [-0.25, -0.2) is 9.59 Å². The van der Waals surface area contributed by atoms with E-state index >= 15 is 0 Å². The molecule has 2 rings (SSSR count). The van der Waals surface area contributed by atoms with Crippen LogP contribution >= 0.6 is 23.2 Å². The van der Waals surface area contributed by atoms with Crippen molar-refractivity contribution in [1.82, 2.24) is 10.2 Å². The molecule has 0 unspecified atom stereocenters. The van der Waals surface area contributed by atoms with Crippen molar-refractivity contribution in [1.29, 1.82) is 0 Å². The maximum Gasteiger partial charge on any atom is 0.338 e. The van der Waals surface area contributed by atoms with Gasteiger partial charge in [0.2, 0.25) is 0 Å². The summed E-state index contributed by atoms with van der Waals surface area (Å²) in [5.74, 6) is -1.56. The molecule has 7 nitrogen and oxygen atoms in total. The van der Waals surface area contributed by atoms with Gasteiger partial charge in [-0.15, -0.1) is 0 Å². The molecule has 0 saturated heterocycles. The highest BCUT2D eigenvalue weighted by Gasteiger charge is 2.38. The molecular formula is C18H20Cl2N2O5. The highest BCUT2D eigenvalue weighted by Crippen LogP contribution is 2.38. The number of nitrogens with zero attached hydrogens (tertiary/aromatic N) is 1. The van der Waals surface area contributed by atoms with Gasteiger partial charge in [0, 0.05) is 34.3 Å². The van der Waals surface area contributed by atoms with Crippen LogP contribution in [0.4, 0.5) is 4.79 Å². The van der Waals surface area contributed by atoms with Crippen molar-refractivity contribution >= 4 is 41.2 Å². The number of amides is 2. The second-order valence-electron chi connectivity index (χ2n) is 5.89. The largest absolute Gasteiger partial charge is 0.481 e. The quantitative estimate of drug-likeness (QED) is 0.662. The predicted molar refractivity (Wildman–Crippen MR) is 101 cm³/mol. The van der Waals surface area contributed by atoms with Crippen LogP contribution in [0.15, 0.2) is 29.5 Å². The van der Waals surface area contributed by atoms with Crippen molar-refractivity contribution in [2.24, 2.45) is 0 Å². The van der Waals surface area contributed by atoms with Crippen molar-refractivity contribution in [3.05, 3.63) is 45.1 Å². The van der Waals surface area contributed by atoms with Gasteiger partial charge in [-0.2, -0.15) is 0 Å². The smallest absolute Gasteiger partial charge is 0.338 e. The number of urea groups is 1. The third kappa shape index (κ3) is 4.73. The Morgan fingerprint density at radius 1 is 1.30 bits per heavy atom. The van der Waals surface area contributed by atoms with E-state index in [1.807, 2.05) is 0 Å². The van der Waals surface area contributed by atoms with Crippen LogP contribution in [-0.2, 0) is 14.3 Å².